The predicted molar refractivity (Wildman–Crippen MR) is 65.5 cm³/mol. The van der Waals surface area contributed by atoms with Crippen molar-refractivity contribution in [1.82, 2.24) is 0 Å². The van der Waals surface area contributed by atoms with Crippen LogP contribution in [0.5, 0.6) is 0 Å². The number of Topliss-reactive ketones (excluding diaryl/α,β-unsaturated/α-hetero) is 1. The molecule has 0 saturated heterocycles. The number of rotatable bonds is 3. The lowest BCUT2D eigenvalue weighted by Gasteiger charge is -2.10. The summed E-state index contributed by atoms with van der Waals surface area (Å²) in [5, 5.41) is 1.31. The van der Waals surface area contributed by atoms with Crippen molar-refractivity contribution in [2.75, 3.05) is 5.88 Å². The maximum absolute atomic E-state index is 11.7. The van der Waals surface area contributed by atoms with E-state index in [2.05, 4.69) is 4.99 Å². The van der Waals surface area contributed by atoms with Gasteiger partial charge in [-0.1, -0.05) is 25.1 Å². The SMILES string of the molecule is CCC1C=c2cccc(C(=O)CCl)c2=NC1=O. The topological polar surface area (TPSA) is 46.5 Å². The van der Waals surface area contributed by atoms with E-state index in [-0.39, 0.29) is 23.5 Å². The highest BCUT2D eigenvalue weighted by Crippen LogP contribution is 2.08. The van der Waals surface area contributed by atoms with Crippen molar-refractivity contribution >= 4 is 29.4 Å². The Hall–Kier alpha value is -1.48. The number of carbonyl (C=O) groups is 2. The number of hydrogen-bond acceptors (Lipinski definition) is 2. The number of alkyl halides is 1. The number of halogens is 1. The van der Waals surface area contributed by atoms with Crippen LogP contribution in [-0.4, -0.2) is 17.6 Å². The quantitative estimate of drug-likeness (QED) is 0.594. The molecule has 0 aliphatic carbocycles. The Labute approximate surface area is 104 Å². The second-order valence-electron chi connectivity index (χ2n) is 3.93. The smallest absolute Gasteiger partial charge is 0.253 e. The van der Waals surface area contributed by atoms with Gasteiger partial charge in [0, 0.05) is 5.56 Å². The van der Waals surface area contributed by atoms with Gasteiger partial charge in [0.05, 0.1) is 17.2 Å². The van der Waals surface area contributed by atoms with E-state index in [4.69, 9.17) is 11.6 Å². The molecule has 0 fully saturated rings. The fourth-order valence-corrected chi connectivity index (χ4v) is 2.04. The average molecular weight is 250 g/mol. The first-order valence-electron chi connectivity index (χ1n) is 5.50. The Morgan fingerprint density at radius 1 is 1.47 bits per heavy atom. The standard InChI is InChI=1S/C13H12ClNO2/c1-2-8-6-9-4-3-5-10(11(16)7-14)12(9)15-13(8)17/h3-6,8H,2,7H2,1H3. The van der Waals surface area contributed by atoms with Crippen LogP contribution in [-0.2, 0) is 4.79 Å². The number of benzene rings is 1. The molecule has 4 heteroatoms. The Kier molecular flexibility index (Phi) is 3.38. The molecule has 1 aliphatic rings. The normalized spacial score (nSPS) is 18.0. The molecular weight excluding hydrogens is 238 g/mol. The van der Waals surface area contributed by atoms with Crippen LogP contribution < -0.4 is 10.6 Å². The van der Waals surface area contributed by atoms with E-state index in [1.165, 1.54) is 0 Å². The fourth-order valence-electron chi connectivity index (χ4n) is 1.89. The summed E-state index contributed by atoms with van der Waals surface area (Å²) >= 11 is 5.54. The highest BCUT2D eigenvalue weighted by Gasteiger charge is 2.18. The monoisotopic (exact) mass is 249 g/mol. The van der Waals surface area contributed by atoms with Crippen LogP contribution in [0.1, 0.15) is 23.7 Å². The highest BCUT2D eigenvalue weighted by molar-refractivity contribution is 6.30. The second-order valence-corrected chi connectivity index (χ2v) is 4.20. The number of fused-ring (bicyclic) bond motifs is 1. The lowest BCUT2D eigenvalue weighted by molar-refractivity contribution is -0.120. The van der Waals surface area contributed by atoms with Crippen LogP contribution in [0.15, 0.2) is 23.2 Å². The van der Waals surface area contributed by atoms with Crippen molar-refractivity contribution in [3.8, 4) is 0 Å². The molecule has 2 rings (SSSR count). The number of hydrogen-bond donors (Lipinski definition) is 0. The molecule has 1 heterocycles. The van der Waals surface area contributed by atoms with Crippen molar-refractivity contribution in [3.63, 3.8) is 0 Å². The van der Waals surface area contributed by atoms with Crippen molar-refractivity contribution in [1.29, 1.82) is 0 Å². The molecule has 1 atom stereocenters. The lowest BCUT2D eigenvalue weighted by Crippen LogP contribution is -2.37. The zero-order chi connectivity index (χ0) is 12.4. The zero-order valence-corrected chi connectivity index (χ0v) is 10.2. The first-order chi connectivity index (χ1) is 8.17. The number of ketones is 1. The largest absolute Gasteiger partial charge is 0.293 e. The van der Waals surface area contributed by atoms with E-state index < -0.39 is 0 Å². The maximum Gasteiger partial charge on any atom is 0.253 e. The van der Waals surface area contributed by atoms with Gasteiger partial charge in [0.25, 0.3) is 5.91 Å². The Bertz CT molecular complexity index is 592. The minimum atomic E-state index is -0.205. The molecule has 0 bridgehead atoms. The summed E-state index contributed by atoms with van der Waals surface area (Å²) in [6.45, 7) is 1.94. The Morgan fingerprint density at radius 3 is 2.88 bits per heavy atom. The molecule has 0 saturated carbocycles. The third kappa shape index (κ3) is 2.15. The van der Waals surface area contributed by atoms with Crippen LogP contribution >= 0.6 is 11.6 Å². The maximum atomic E-state index is 11.7. The van der Waals surface area contributed by atoms with Gasteiger partial charge in [0.15, 0.2) is 5.78 Å². The summed E-state index contributed by atoms with van der Waals surface area (Å²) in [4.78, 5) is 27.4. The van der Waals surface area contributed by atoms with E-state index in [1.807, 2.05) is 19.1 Å². The first-order valence-corrected chi connectivity index (χ1v) is 6.03. The summed E-state index contributed by atoms with van der Waals surface area (Å²) in [5.74, 6) is -0.667. The van der Waals surface area contributed by atoms with Crippen molar-refractivity contribution in [2.24, 2.45) is 10.9 Å². The third-order valence-electron chi connectivity index (χ3n) is 2.85. The molecule has 3 nitrogen and oxygen atoms in total. The Morgan fingerprint density at radius 2 is 2.24 bits per heavy atom. The molecule has 17 heavy (non-hydrogen) atoms. The molecule has 1 aliphatic heterocycles. The van der Waals surface area contributed by atoms with Crippen molar-refractivity contribution in [3.05, 3.63) is 34.3 Å². The molecule has 1 amide bonds. The number of carbonyl (C=O) groups excluding carboxylic acids is 2. The molecule has 0 aromatic heterocycles. The number of amides is 1. The zero-order valence-electron chi connectivity index (χ0n) is 9.44. The summed E-state index contributed by atoms with van der Waals surface area (Å²) in [6, 6.07) is 5.30. The molecule has 0 spiro atoms. The molecule has 1 aromatic carbocycles. The van der Waals surface area contributed by atoms with E-state index in [9.17, 15) is 9.59 Å². The van der Waals surface area contributed by atoms with Crippen LogP contribution in [0, 0.1) is 5.92 Å². The number of nitrogens with zero attached hydrogens (tertiary/aromatic N) is 1. The molecule has 0 radical (unpaired) electrons. The second kappa shape index (κ2) is 4.80. The minimum absolute atomic E-state index is 0.0998. The summed E-state index contributed by atoms with van der Waals surface area (Å²) in [6.07, 6.45) is 2.59. The van der Waals surface area contributed by atoms with E-state index >= 15 is 0 Å². The van der Waals surface area contributed by atoms with Gasteiger partial charge >= 0.3 is 0 Å². The van der Waals surface area contributed by atoms with Gasteiger partial charge in [-0.2, -0.15) is 0 Å². The van der Waals surface area contributed by atoms with Crippen molar-refractivity contribution < 1.29 is 9.59 Å². The van der Waals surface area contributed by atoms with Gasteiger partial charge in [-0.3, -0.25) is 9.59 Å². The van der Waals surface area contributed by atoms with Gasteiger partial charge in [-0.05, 0) is 17.7 Å². The van der Waals surface area contributed by atoms with Crippen LogP contribution in [0.4, 0.5) is 0 Å². The van der Waals surface area contributed by atoms with Gasteiger partial charge in [0.1, 0.15) is 0 Å². The van der Waals surface area contributed by atoms with Gasteiger partial charge in [-0.25, -0.2) is 4.99 Å². The van der Waals surface area contributed by atoms with Crippen LogP contribution in [0.3, 0.4) is 0 Å². The minimum Gasteiger partial charge on any atom is -0.293 e. The molecule has 1 unspecified atom stereocenters. The summed E-state index contributed by atoms with van der Waals surface area (Å²) in [5.41, 5.74) is 0.427. The van der Waals surface area contributed by atoms with Crippen molar-refractivity contribution in [2.45, 2.75) is 13.3 Å². The molecule has 88 valence electrons. The first kappa shape index (κ1) is 12.0. The van der Waals surface area contributed by atoms with E-state index in [0.29, 0.717) is 10.9 Å². The van der Waals surface area contributed by atoms with Gasteiger partial charge < -0.3 is 0 Å². The number of para-hydroxylation sites is 1. The van der Waals surface area contributed by atoms with E-state index in [1.54, 1.807) is 12.1 Å². The predicted octanol–water partition coefficient (Wildman–Crippen LogP) is 1.07. The van der Waals surface area contributed by atoms with Crippen LogP contribution in [0.25, 0.3) is 6.08 Å². The van der Waals surface area contributed by atoms with Gasteiger partial charge in [-0.15, -0.1) is 11.6 Å². The van der Waals surface area contributed by atoms with Gasteiger partial charge in [0.2, 0.25) is 0 Å². The molecule has 1 aromatic rings. The fraction of sp³-hybridized carbons (Fsp3) is 0.308. The lowest BCUT2D eigenvalue weighted by atomic mass is 9.99. The third-order valence-corrected chi connectivity index (χ3v) is 3.09. The highest BCUT2D eigenvalue weighted by atomic mass is 35.5. The molecular formula is C13H12ClNO2. The average Bonchev–Trinajstić information content (AvgIpc) is 2.36. The van der Waals surface area contributed by atoms with E-state index in [0.717, 1.165) is 11.6 Å². The summed E-state index contributed by atoms with van der Waals surface area (Å²) < 4.78 is 0. The Balaban J connectivity index is 2.69. The molecule has 0 N–H and O–H groups in total. The summed E-state index contributed by atoms with van der Waals surface area (Å²) in [7, 11) is 0. The van der Waals surface area contributed by atoms with Crippen LogP contribution in [0.2, 0.25) is 0 Å².